The summed E-state index contributed by atoms with van der Waals surface area (Å²) in [5.41, 5.74) is 0.566. The van der Waals surface area contributed by atoms with Crippen LogP contribution in [0.25, 0.3) is 0 Å². The van der Waals surface area contributed by atoms with Crippen LogP contribution in [0.5, 0.6) is 0 Å². The molecule has 8 atom stereocenters. The highest BCUT2D eigenvalue weighted by Gasteiger charge is 2.69. The number of ether oxygens (including phenoxy) is 2. The topological polar surface area (TPSA) is 48.1 Å². The molecular formula is C21H34O4Si. The Morgan fingerprint density at radius 2 is 1.92 bits per heavy atom. The molecule has 2 saturated heterocycles. The highest BCUT2D eigenvalue weighted by atomic mass is 28.4. The van der Waals surface area contributed by atoms with Crippen molar-refractivity contribution in [2.24, 2.45) is 23.7 Å². The average molecular weight is 379 g/mol. The molecule has 2 saturated carbocycles. The fourth-order valence-corrected chi connectivity index (χ4v) is 6.88. The van der Waals surface area contributed by atoms with Gasteiger partial charge < -0.3 is 13.9 Å². The first-order chi connectivity index (χ1) is 11.9. The van der Waals surface area contributed by atoms with Gasteiger partial charge >= 0.3 is 5.97 Å². The van der Waals surface area contributed by atoms with Crippen LogP contribution < -0.4 is 0 Å². The Morgan fingerprint density at radius 1 is 1.27 bits per heavy atom. The molecule has 26 heavy (non-hydrogen) atoms. The summed E-state index contributed by atoms with van der Waals surface area (Å²) in [6.45, 7) is 20.1. The number of carbonyl (C=O) groups excluding carboxylic acids is 1. The Kier molecular flexibility index (Phi) is 3.92. The normalized spacial score (nSPS) is 47.7. The molecular weight excluding hydrogens is 344 g/mol. The molecule has 4 aliphatic rings. The number of fused-ring (bicyclic) bond motifs is 5. The zero-order valence-electron chi connectivity index (χ0n) is 17.3. The molecule has 0 amide bonds. The van der Waals surface area contributed by atoms with Gasteiger partial charge in [0.05, 0.1) is 11.7 Å². The van der Waals surface area contributed by atoms with E-state index < -0.39 is 8.32 Å². The van der Waals surface area contributed by atoms with Gasteiger partial charge in [0.15, 0.2) is 8.32 Å². The molecule has 2 aliphatic carbocycles. The maximum absolute atomic E-state index is 12.2. The van der Waals surface area contributed by atoms with Crippen molar-refractivity contribution in [1.29, 1.82) is 0 Å². The lowest BCUT2D eigenvalue weighted by Crippen LogP contribution is -2.45. The van der Waals surface area contributed by atoms with Gasteiger partial charge in [0.1, 0.15) is 6.10 Å². The fraction of sp³-hybridized carbons (Fsp3) is 0.857. The van der Waals surface area contributed by atoms with Crippen LogP contribution in [-0.2, 0) is 18.7 Å². The van der Waals surface area contributed by atoms with E-state index in [-0.39, 0.29) is 40.8 Å². The van der Waals surface area contributed by atoms with Crippen molar-refractivity contribution in [2.75, 3.05) is 0 Å². The van der Waals surface area contributed by atoms with Crippen LogP contribution >= 0.6 is 0 Å². The zero-order chi connectivity index (χ0) is 19.2. The number of esters is 1. The number of rotatable bonds is 2. The van der Waals surface area contributed by atoms with Crippen molar-refractivity contribution in [3.8, 4) is 0 Å². The average Bonchev–Trinajstić information content (AvgIpc) is 2.97. The van der Waals surface area contributed by atoms with Gasteiger partial charge in [0.2, 0.25) is 0 Å². The molecule has 0 aromatic carbocycles. The van der Waals surface area contributed by atoms with Crippen LogP contribution in [0.4, 0.5) is 0 Å². The predicted octanol–water partition coefficient (Wildman–Crippen LogP) is 4.31. The highest BCUT2D eigenvalue weighted by Crippen LogP contribution is 2.62. The van der Waals surface area contributed by atoms with Crippen LogP contribution in [0.1, 0.15) is 47.5 Å². The Morgan fingerprint density at radius 3 is 2.54 bits per heavy atom. The Labute approximate surface area is 158 Å². The first-order valence-corrected chi connectivity index (χ1v) is 13.0. The predicted molar refractivity (Wildman–Crippen MR) is 103 cm³/mol. The molecule has 0 aromatic heterocycles. The van der Waals surface area contributed by atoms with Crippen molar-refractivity contribution in [1.82, 2.24) is 0 Å². The molecule has 146 valence electrons. The zero-order valence-corrected chi connectivity index (χ0v) is 18.3. The van der Waals surface area contributed by atoms with Gasteiger partial charge in [-0.2, -0.15) is 0 Å². The molecule has 0 radical (unpaired) electrons. The van der Waals surface area contributed by atoms with E-state index in [9.17, 15) is 4.79 Å². The third-order valence-corrected chi connectivity index (χ3v) is 12.8. The van der Waals surface area contributed by atoms with E-state index in [0.29, 0.717) is 23.3 Å². The van der Waals surface area contributed by atoms with E-state index in [2.05, 4.69) is 54.3 Å². The van der Waals surface area contributed by atoms with Gasteiger partial charge in [0, 0.05) is 23.5 Å². The van der Waals surface area contributed by atoms with Gasteiger partial charge in [-0.3, -0.25) is 0 Å². The third-order valence-electron chi connectivity index (χ3n) is 8.31. The van der Waals surface area contributed by atoms with Crippen LogP contribution in [0, 0.1) is 23.7 Å². The van der Waals surface area contributed by atoms with Gasteiger partial charge in [-0.05, 0) is 49.7 Å². The largest absolute Gasteiger partial charge is 0.458 e. The summed E-state index contributed by atoms with van der Waals surface area (Å²) in [5.74, 6) is 0.962. The Balaban J connectivity index is 1.64. The third kappa shape index (κ3) is 2.50. The van der Waals surface area contributed by atoms with E-state index >= 15 is 0 Å². The van der Waals surface area contributed by atoms with Crippen molar-refractivity contribution in [3.05, 3.63) is 12.2 Å². The van der Waals surface area contributed by atoms with E-state index in [4.69, 9.17) is 13.9 Å². The molecule has 0 N–H and O–H groups in total. The molecule has 0 spiro atoms. The van der Waals surface area contributed by atoms with Crippen LogP contribution in [-0.4, -0.2) is 38.2 Å². The van der Waals surface area contributed by atoms with Crippen molar-refractivity contribution in [3.63, 3.8) is 0 Å². The summed E-state index contributed by atoms with van der Waals surface area (Å²) in [6, 6.07) is 0. The minimum Gasteiger partial charge on any atom is -0.458 e. The highest BCUT2D eigenvalue weighted by molar-refractivity contribution is 6.74. The molecule has 2 aliphatic heterocycles. The first kappa shape index (κ1) is 18.7. The lowest BCUT2D eigenvalue weighted by molar-refractivity contribution is -0.143. The van der Waals surface area contributed by atoms with Crippen LogP contribution in [0.2, 0.25) is 18.1 Å². The van der Waals surface area contributed by atoms with E-state index in [1.807, 2.05) is 0 Å². The first-order valence-electron chi connectivity index (χ1n) is 10.1. The smallest absolute Gasteiger partial charge is 0.334 e. The lowest BCUT2D eigenvalue weighted by Gasteiger charge is -2.40. The Hall–Kier alpha value is -0.653. The summed E-state index contributed by atoms with van der Waals surface area (Å²) in [4.78, 5) is 12.2. The molecule has 0 unspecified atom stereocenters. The van der Waals surface area contributed by atoms with Crippen molar-refractivity contribution in [2.45, 2.75) is 89.5 Å². The number of epoxide rings is 1. The van der Waals surface area contributed by atoms with Crippen LogP contribution in [0.15, 0.2) is 12.2 Å². The molecule has 0 aromatic rings. The van der Waals surface area contributed by atoms with E-state index in [0.717, 1.165) is 12.8 Å². The molecule has 0 bridgehead atoms. The second-order valence-corrected chi connectivity index (χ2v) is 15.5. The van der Waals surface area contributed by atoms with E-state index in [1.54, 1.807) is 0 Å². The molecule has 4 rings (SSSR count). The van der Waals surface area contributed by atoms with Crippen LogP contribution in [0.3, 0.4) is 0 Å². The maximum Gasteiger partial charge on any atom is 0.334 e. The summed E-state index contributed by atoms with van der Waals surface area (Å²) in [7, 11) is -1.85. The maximum atomic E-state index is 12.2. The molecule has 2 heterocycles. The molecule has 4 nitrogen and oxygen atoms in total. The number of hydrogen-bond donors (Lipinski definition) is 0. The summed E-state index contributed by atoms with van der Waals surface area (Å²) in [5, 5.41) is 0.191. The second kappa shape index (κ2) is 5.45. The quantitative estimate of drug-likeness (QED) is 0.311. The lowest BCUT2D eigenvalue weighted by atomic mass is 9.77. The monoisotopic (exact) mass is 378 g/mol. The molecule has 4 fully saturated rings. The summed E-state index contributed by atoms with van der Waals surface area (Å²) < 4.78 is 18.9. The minimum absolute atomic E-state index is 0.0451. The number of carbonyl (C=O) groups is 1. The van der Waals surface area contributed by atoms with Gasteiger partial charge in [-0.15, -0.1) is 0 Å². The Bertz CT molecular complexity index is 651. The van der Waals surface area contributed by atoms with E-state index in [1.165, 1.54) is 0 Å². The second-order valence-electron chi connectivity index (χ2n) is 10.7. The summed E-state index contributed by atoms with van der Waals surface area (Å²) >= 11 is 0. The van der Waals surface area contributed by atoms with Gasteiger partial charge in [0.25, 0.3) is 0 Å². The van der Waals surface area contributed by atoms with Gasteiger partial charge in [-0.25, -0.2) is 4.79 Å². The fourth-order valence-electron chi connectivity index (χ4n) is 5.46. The van der Waals surface area contributed by atoms with Crippen molar-refractivity contribution >= 4 is 14.3 Å². The standard InChI is InChI=1S/C21H34O4Si/c1-11-13-9-16-21(6,24-16)14-10-15(25-26(7,8)20(3,4)5)12(2)17(14)18(13)23-19(11)22/h12-18H,1,9-10H2,2-8H3/t12-,13+,14-,15-,16-,17+,18+,21+/m1/s1. The van der Waals surface area contributed by atoms with Crippen molar-refractivity contribution < 1.29 is 18.7 Å². The summed E-state index contributed by atoms with van der Waals surface area (Å²) in [6.07, 6.45) is 2.29. The number of hydrogen-bond acceptors (Lipinski definition) is 4. The minimum atomic E-state index is -1.85. The molecule has 5 heteroatoms. The SMILES string of the molecule is C=C1C(=O)O[C@@H]2[C@H]3[C@H](C)[C@H](O[Si](C)(C)C(C)(C)C)C[C@H]3[C@]3(C)O[C@@H]3C[C@@H]12. The van der Waals surface area contributed by atoms with Gasteiger partial charge in [-0.1, -0.05) is 34.3 Å².